The third-order valence-corrected chi connectivity index (χ3v) is 4.63. The first kappa shape index (κ1) is 18.5. The summed E-state index contributed by atoms with van der Waals surface area (Å²) >= 11 is 0. The molecule has 1 aliphatic heterocycles. The van der Waals surface area contributed by atoms with Crippen molar-refractivity contribution >= 4 is 11.8 Å². The molecule has 0 spiro atoms. The smallest absolute Gasteiger partial charge is 0.245 e. The molecule has 0 aromatic heterocycles. The lowest BCUT2D eigenvalue weighted by Gasteiger charge is -2.32. The van der Waals surface area contributed by atoms with Crippen LogP contribution < -0.4 is 5.32 Å². The molecule has 1 saturated heterocycles. The SMILES string of the molecule is CC(=O)NC(C(=O)N1CCCC1CC(O)c1ccccc1)C(C)C. The van der Waals surface area contributed by atoms with Crippen molar-refractivity contribution in [2.45, 2.75) is 58.2 Å². The normalized spacial score (nSPS) is 20.0. The molecule has 0 saturated carbocycles. The van der Waals surface area contributed by atoms with E-state index in [-0.39, 0.29) is 23.8 Å². The van der Waals surface area contributed by atoms with Crippen LogP contribution in [0.2, 0.25) is 0 Å². The largest absolute Gasteiger partial charge is 0.388 e. The fourth-order valence-corrected chi connectivity index (χ4v) is 3.35. The zero-order valence-corrected chi connectivity index (χ0v) is 14.7. The standard InChI is InChI=1S/C19H28N2O3/c1-13(2)18(20-14(3)22)19(24)21-11-7-10-16(21)12-17(23)15-8-5-4-6-9-15/h4-6,8-9,13,16-18,23H,7,10-12H2,1-3H3,(H,20,22). The number of likely N-dealkylation sites (tertiary alicyclic amines) is 1. The summed E-state index contributed by atoms with van der Waals surface area (Å²) in [6.45, 7) is 5.99. The van der Waals surface area contributed by atoms with Gasteiger partial charge in [0.05, 0.1) is 6.10 Å². The first-order valence-corrected chi connectivity index (χ1v) is 8.70. The van der Waals surface area contributed by atoms with Crippen molar-refractivity contribution in [3.8, 4) is 0 Å². The first-order valence-electron chi connectivity index (χ1n) is 8.70. The van der Waals surface area contributed by atoms with Crippen LogP contribution in [0.1, 0.15) is 51.7 Å². The topological polar surface area (TPSA) is 69.6 Å². The lowest BCUT2D eigenvalue weighted by atomic mass is 9.98. The Hall–Kier alpha value is -1.88. The van der Waals surface area contributed by atoms with Gasteiger partial charge in [-0.1, -0.05) is 44.2 Å². The van der Waals surface area contributed by atoms with Gasteiger partial charge in [0, 0.05) is 19.5 Å². The van der Waals surface area contributed by atoms with Crippen molar-refractivity contribution in [2.24, 2.45) is 5.92 Å². The molecule has 1 heterocycles. The van der Waals surface area contributed by atoms with E-state index in [1.165, 1.54) is 6.92 Å². The van der Waals surface area contributed by atoms with Gasteiger partial charge in [-0.25, -0.2) is 0 Å². The Morgan fingerprint density at radius 2 is 1.96 bits per heavy atom. The summed E-state index contributed by atoms with van der Waals surface area (Å²) in [7, 11) is 0. The van der Waals surface area contributed by atoms with Crippen molar-refractivity contribution in [1.82, 2.24) is 10.2 Å². The molecule has 3 atom stereocenters. The van der Waals surface area contributed by atoms with Crippen molar-refractivity contribution in [3.05, 3.63) is 35.9 Å². The van der Waals surface area contributed by atoms with Crippen LogP contribution in [0, 0.1) is 5.92 Å². The molecule has 0 aliphatic carbocycles. The van der Waals surface area contributed by atoms with Gasteiger partial charge < -0.3 is 15.3 Å². The van der Waals surface area contributed by atoms with Crippen molar-refractivity contribution in [1.29, 1.82) is 0 Å². The molecule has 0 bridgehead atoms. The van der Waals surface area contributed by atoms with Crippen molar-refractivity contribution < 1.29 is 14.7 Å². The molecule has 5 nitrogen and oxygen atoms in total. The molecule has 2 N–H and O–H groups in total. The van der Waals surface area contributed by atoms with Gasteiger partial charge in [0.25, 0.3) is 0 Å². The Morgan fingerprint density at radius 3 is 2.54 bits per heavy atom. The minimum Gasteiger partial charge on any atom is -0.388 e. The summed E-state index contributed by atoms with van der Waals surface area (Å²) in [4.78, 5) is 26.1. The maximum atomic E-state index is 12.9. The van der Waals surface area contributed by atoms with E-state index >= 15 is 0 Å². The van der Waals surface area contributed by atoms with Gasteiger partial charge in [-0.2, -0.15) is 0 Å². The van der Waals surface area contributed by atoms with E-state index in [0.717, 1.165) is 18.4 Å². The third kappa shape index (κ3) is 4.57. The highest BCUT2D eigenvalue weighted by Gasteiger charge is 2.35. The minimum absolute atomic E-state index is 0.0164. The van der Waals surface area contributed by atoms with Gasteiger partial charge in [0.15, 0.2) is 0 Å². The van der Waals surface area contributed by atoms with Crippen molar-refractivity contribution in [2.75, 3.05) is 6.54 Å². The van der Waals surface area contributed by atoms with Crippen LogP contribution in [0.3, 0.4) is 0 Å². The number of amides is 2. The van der Waals surface area contributed by atoms with Crippen LogP contribution in [0.4, 0.5) is 0 Å². The molecule has 1 fully saturated rings. The number of nitrogens with one attached hydrogen (secondary N) is 1. The molecule has 1 aromatic carbocycles. The van der Waals surface area contributed by atoms with Crippen molar-refractivity contribution in [3.63, 3.8) is 0 Å². The highest BCUT2D eigenvalue weighted by atomic mass is 16.3. The average molecular weight is 332 g/mol. The number of benzene rings is 1. The lowest BCUT2D eigenvalue weighted by molar-refractivity contribution is -0.138. The van der Waals surface area contributed by atoms with Gasteiger partial charge >= 0.3 is 0 Å². The van der Waals surface area contributed by atoms with Crippen LogP contribution in [0.5, 0.6) is 0 Å². The number of aliphatic hydroxyl groups is 1. The molecule has 1 aromatic rings. The van der Waals surface area contributed by atoms with Gasteiger partial charge in [0.2, 0.25) is 11.8 Å². The predicted octanol–water partition coefficient (Wildman–Crippen LogP) is 2.26. The number of aliphatic hydroxyl groups excluding tert-OH is 1. The molecule has 24 heavy (non-hydrogen) atoms. The monoisotopic (exact) mass is 332 g/mol. The second kappa shape index (κ2) is 8.29. The highest BCUT2D eigenvalue weighted by Crippen LogP contribution is 2.28. The summed E-state index contributed by atoms with van der Waals surface area (Å²) in [5.74, 6) is -0.202. The fourth-order valence-electron chi connectivity index (χ4n) is 3.35. The van der Waals surface area contributed by atoms with E-state index in [1.54, 1.807) is 0 Å². The summed E-state index contributed by atoms with van der Waals surface area (Å²) in [6, 6.07) is 9.05. The zero-order valence-electron chi connectivity index (χ0n) is 14.7. The van der Waals surface area contributed by atoms with E-state index in [4.69, 9.17) is 0 Å². The number of rotatable bonds is 6. The van der Waals surface area contributed by atoms with E-state index < -0.39 is 12.1 Å². The van der Waals surface area contributed by atoms with Crippen LogP contribution >= 0.6 is 0 Å². The quantitative estimate of drug-likeness (QED) is 0.839. The lowest BCUT2D eigenvalue weighted by Crippen LogP contribution is -2.52. The average Bonchev–Trinajstić information content (AvgIpc) is 3.00. The highest BCUT2D eigenvalue weighted by molar-refractivity contribution is 5.87. The van der Waals surface area contributed by atoms with Gasteiger partial charge in [-0.3, -0.25) is 9.59 Å². The van der Waals surface area contributed by atoms with Crippen LogP contribution in [-0.2, 0) is 9.59 Å². The molecule has 2 rings (SSSR count). The van der Waals surface area contributed by atoms with Crippen LogP contribution in [-0.4, -0.2) is 40.4 Å². The maximum absolute atomic E-state index is 12.9. The minimum atomic E-state index is -0.581. The Kier molecular flexibility index (Phi) is 6.37. The fraction of sp³-hybridized carbons (Fsp3) is 0.579. The van der Waals surface area contributed by atoms with E-state index in [9.17, 15) is 14.7 Å². The summed E-state index contributed by atoms with van der Waals surface area (Å²) in [5.41, 5.74) is 0.874. The Balaban J connectivity index is 2.06. The molecular formula is C19H28N2O3. The first-order chi connectivity index (χ1) is 11.4. The summed E-state index contributed by atoms with van der Waals surface area (Å²) < 4.78 is 0. The summed E-state index contributed by atoms with van der Waals surface area (Å²) in [5, 5.41) is 13.2. The molecule has 2 amide bonds. The van der Waals surface area contributed by atoms with Gasteiger partial charge in [-0.15, -0.1) is 0 Å². The third-order valence-electron chi connectivity index (χ3n) is 4.63. The number of carbonyl (C=O) groups excluding carboxylic acids is 2. The van der Waals surface area contributed by atoms with Gasteiger partial charge in [0.1, 0.15) is 6.04 Å². The number of hydrogen-bond donors (Lipinski definition) is 2. The Labute approximate surface area is 144 Å². The molecule has 3 unspecified atom stereocenters. The Morgan fingerprint density at radius 1 is 1.29 bits per heavy atom. The van der Waals surface area contributed by atoms with E-state index in [1.807, 2.05) is 49.1 Å². The van der Waals surface area contributed by atoms with E-state index in [0.29, 0.717) is 13.0 Å². The molecular weight excluding hydrogens is 304 g/mol. The summed E-state index contributed by atoms with van der Waals surface area (Å²) in [6.07, 6.45) is 1.77. The zero-order chi connectivity index (χ0) is 17.7. The molecule has 0 radical (unpaired) electrons. The molecule has 132 valence electrons. The Bertz CT molecular complexity index is 559. The number of hydrogen-bond acceptors (Lipinski definition) is 3. The predicted molar refractivity (Wildman–Crippen MR) is 93.2 cm³/mol. The van der Waals surface area contributed by atoms with Crippen LogP contribution in [0.25, 0.3) is 0 Å². The number of carbonyl (C=O) groups is 2. The second-order valence-corrected chi connectivity index (χ2v) is 6.91. The second-order valence-electron chi connectivity index (χ2n) is 6.91. The van der Waals surface area contributed by atoms with Crippen LogP contribution in [0.15, 0.2) is 30.3 Å². The van der Waals surface area contributed by atoms with Gasteiger partial charge in [-0.05, 0) is 30.7 Å². The number of nitrogens with zero attached hydrogens (tertiary/aromatic N) is 1. The molecule has 5 heteroatoms. The molecule has 1 aliphatic rings. The maximum Gasteiger partial charge on any atom is 0.245 e. The van der Waals surface area contributed by atoms with E-state index in [2.05, 4.69) is 5.32 Å².